The standard InChI is InChI=1S/C9H10N6O3/c1-2-14-4-6(15(17)18)3-7(14)8(16)12-9-10-5-11-13-9/h3-5H,2H2,1H3,(H2,10,11,12,13,16). The van der Waals surface area contributed by atoms with E-state index in [0.29, 0.717) is 6.54 Å². The number of carbonyl (C=O) groups excluding carboxylic acids is 1. The molecule has 0 spiro atoms. The van der Waals surface area contributed by atoms with Gasteiger partial charge in [0.1, 0.15) is 12.0 Å². The fraction of sp³-hybridized carbons (Fsp3) is 0.222. The number of nitro groups is 1. The van der Waals surface area contributed by atoms with Crippen LogP contribution in [0, 0.1) is 10.1 Å². The van der Waals surface area contributed by atoms with E-state index in [1.165, 1.54) is 23.2 Å². The highest BCUT2D eigenvalue weighted by molar-refractivity contribution is 6.02. The third-order valence-electron chi connectivity index (χ3n) is 2.31. The van der Waals surface area contributed by atoms with Crippen LogP contribution in [0.2, 0.25) is 0 Å². The van der Waals surface area contributed by atoms with Crippen LogP contribution in [-0.4, -0.2) is 30.6 Å². The molecule has 2 heterocycles. The van der Waals surface area contributed by atoms with Gasteiger partial charge in [-0.25, -0.2) is 5.10 Å². The van der Waals surface area contributed by atoms with Crippen molar-refractivity contribution in [2.75, 3.05) is 5.32 Å². The van der Waals surface area contributed by atoms with Crippen molar-refractivity contribution in [3.8, 4) is 0 Å². The van der Waals surface area contributed by atoms with E-state index in [1.807, 2.05) is 0 Å². The number of aromatic amines is 1. The molecule has 94 valence electrons. The SMILES string of the molecule is CCn1cc([N+](=O)[O-])cc1C(=O)Nc1ncn[nH]1. The molecule has 2 aromatic heterocycles. The Morgan fingerprint density at radius 2 is 2.44 bits per heavy atom. The monoisotopic (exact) mass is 250 g/mol. The van der Waals surface area contributed by atoms with Crippen molar-refractivity contribution >= 4 is 17.5 Å². The summed E-state index contributed by atoms with van der Waals surface area (Å²) in [5.41, 5.74) is 0.0696. The van der Waals surface area contributed by atoms with Crippen molar-refractivity contribution in [2.24, 2.45) is 0 Å². The number of H-pyrrole nitrogens is 1. The Balaban J connectivity index is 2.26. The Hall–Kier alpha value is -2.71. The molecule has 9 heteroatoms. The second-order valence-corrected chi connectivity index (χ2v) is 3.41. The van der Waals surface area contributed by atoms with Crippen LogP contribution in [0.3, 0.4) is 0 Å². The smallest absolute Gasteiger partial charge is 0.287 e. The third kappa shape index (κ3) is 2.19. The number of carbonyl (C=O) groups is 1. The number of hydrogen-bond acceptors (Lipinski definition) is 5. The van der Waals surface area contributed by atoms with Crippen LogP contribution < -0.4 is 5.32 Å². The summed E-state index contributed by atoms with van der Waals surface area (Å²) in [6, 6.07) is 1.22. The summed E-state index contributed by atoms with van der Waals surface area (Å²) in [5.74, 6) is -0.298. The number of nitrogens with zero attached hydrogens (tertiary/aromatic N) is 4. The zero-order valence-corrected chi connectivity index (χ0v) is 9.45. The molecule has 0 radical (unpaired) electrons. The van der Waals surface area contributed by atoms with Gasteiger partial charge in [-0.1, -0.05) is 0 Å². The summed E-state index contributed by atoms with van der Waals surface area (Å²) in [4.78, 5) is 25.7. The van der Waals surface area contributed by atoms with Gasteiger partial charge in [0, 0.05) is 12.6 Å². The summed E-state index contributed by atoms with van der Waals surface area (Å²) in [7, 11) is 0. The van der Waals surface area contributed by atoms with Gasteiger partial charge in [-0.2, -0.15) is 10.1 Å². The van der Waals surface area contributed by atoms with Gasteiger partial charge in [-0.3, -0.25) is 20.2 Å². The van der Waals surface area contributed by atoms with Crippen molar-refractivity contribution in [1.29, 1.82) is 0 Å². The number of aromatic nitrogens is 4. The molecule has 0 saturated heterocycles. The van der Waals surface area contributed by atoms with Crippen LogP contribution in [0.15, 0.2) is 18.6 Å². The Morgan fingerprint density at radius 3 is 3.00 bits per heavy atom. The Bertz CT molecular complexity index is 573. The molecule has 0 aliphatic rings. The maximum atomic E-state index is 11.9. The first-order valence-electron chi connectivity index (χ1n) is 5.13. The number of amides is 1. The van der Waals surface area contributed by atoms with Gasteiger partial charge in [0.15, 0.2) is 0 Å². The van der Waals surface area contributed by atoms with Gasteiger partial charge in [0.05, 0.1) is 11.1 Å². The molecule has 2 aromatic rings. The second kappa shape index (κ2) is 4.65. The van der Waals surface area contributed by atoms with E-state index in [9.17, 15) is 14.9 Å². The van der Waals surface area contributed by atoms with Crippen LogP contribution in [0.1, 0.15) is 17.4 Å². The van der Waals surface area contributed by atoms with E-state index in [4.69, 9.17) is 0 Å². The third-order valence-corrected chi connectivity index (χ3v) is 2.31. The van der Waals surface area contributed by atoms with Gasteiger partial charge in [-0.05, 0) is 6.92 Å². The average molecular weight is 250 g/mol. The van der Waals surface area contributed by atoms with E-state index in [0.717, 1.165) is 0 Å². The summed E-state index contributed by atoms with van der Waals surface area (Å²) < 4.78 is 1.49. The number of anilines is 1. The first-order valence-corrected chi connectivity index (χ1v) is 5.13. The molecule has 1 amide bonds. The molecule has 0 aliphatic carbocycles. The summed E-state index contributed by atoms with van der Waals surface area (Å²) in [6.45, 7) is 2.24. The predicted octanol–water partition coefficient (Wildman–Crippen LogP) is 0.787. The fourth-order valence-electron chi connectivity index (χ4n) is 1.48. The average Bonchev–Trinajstić information content (AvgIpc) is 2.96. The molecule has 2 rings (SSSR count). The highest BCUT2D eigenvalue weighted by Gasteiger charge is 2.19. The molecule has 0 aromatic carbocycles. The maximum Gasteiger partial charge on any atom is 0.287 e. The van der Waals surface area contributed by atoms with Gasteiger partial charge < -0.3 is 4.57 Å². The molecule has 2 N–H and O–H groups in total. The van der Waals surface area contributed by atoms with E-state index < -0.39 is 10.8 Å². The number of rotatable bonds is 4. The molecule has 0 bridgehead atoms. The Kier molecular flexibility index (Phi) is 3.04. The minimum absolute atomic E-state index is 0.125. The lowest BCUT2D eigenvalue weighted by Crippen LogP contribution is -2.17. The summed E-state index contributed by atoms with van der Waals surface area (Å²) in [5, 5.41) is 19.2. The molecular weight excluding hydrogens is 240 g/mol. The maximum absolute atomic E-state index is 11.9. The van der Waals surface area contributed by atoms with Crippen molar-refractivity contribution in [3.05, 3.63) is 34.4 Å². The van der Waals surface area contributed by atoms with E-state index in [1.54, 1.807) is 6.92 Å². The topological polar surface area (TPSA) is 119 Å². The van der Waals surface area contributed by atoms with Crippen LogP contribution >= 0.6 is 0 Å². The first-order chi connectivity index (χ1) is 8.61. The molecule has 18 heavy (non-hydrogen) atoms. The van der Waals surface area contributed by atoms with Gasteiger partial charge in [0.25, 0.3) is 11.6 Å². The van der Waals surface area contributed by atoms with Crippen LogP contribution in [-0.2, 0) is 6.54 Å². The number of aryl methyl sites for hydroxylation is 1. The largest absolute Gasteiger partial charge is 0.337 e. The quantitative estimate of drug-likeness (QED) is 0.614. The van der Waals surface area contributed by atoms with Crippen LogP contribution in [0.5, 0.6) is 0 Å². The molecule has 9 nitrogen and oxygen atoms in total. The molecule has 0 saturated carbocycles. The van der Waals surface area contributed by atoms with Crippen LogP contribution in [0.4, 0.5) is 11.6 Å². The number of nitrogens with one attached hydrogen (secondary N) is 2. The minimum Gasteiger partial charge on any atom is -0.337 e. The van der Waals surface area contributed by atoms with Crippen molar-refractivity contribution in [3.63, 3.8) is 0 Å². The van der Waals surface area contributed by atoms with Crippen molar-refractivity contribution in [2.45, 2.75) is 13.5 Å². The second-order valence-electron chi connectivity index (χ2n) is 3.41. The zero-order valence-electron chi connectivity index (χ0n) is 9.45. The van der Waals surface area contributed by atoms with Gasteiger partial charge >= 0.3 is 0 Å². The fourth-order valence-corrected chi connectivity index (χ4v) is 1.48. The molecule has 0 atom stereocenters. The van der Waals surface area contributed by atoms with Gasteiger partial charge in [0.2, 0.25) is 5.95 Å². The Morgan fingerprint density at radius 1 is 1.67 bits per heavy atom. The van der Waals surface area contributed by atoms with Crippen molar-refractivity contribution in [1.82, 2.24) is 19.7 Å². The first kappa shape index (κ1) is 11.8. The van der Waals surface area contributed by atoms with Crippen molar-refractivity contribution < 1.29 is 9.72 Å². The highest BCUT2D eigenvalue weighted by atomic mass is 16.6. The van der Waals surface area contributed by atoms with E-state index in [-0.39, 0.29) is 17.3 Å². The zero-order chi connectivity index (χ0) is 13.1. The van der Waals surface area contributed by atoms with Crippen LogP contribution in [0.25, 0.3) is 0 Å². The minimum atomic E-state index is -0.544. The molecule has 0 fully saturated rings. The molecule has 0 aliphatic heterocycles. The lowest BCUT2D eigenvalue weighted by molar-refractivity contribution is -0.384. The predicted molar refractivity (Wildman–Crippen MR) is 61.1 cm³/mol. The molecule has 0 unspecified atom stereocenters. The normalized spacial score (nSPS) is 10.3. The lowest BCUT2D eigenvalue weighted by Gasteiger charge is -2.04. The summed E-state index contributed by atoms with van der Waals surface area (Å²) in [6.07, 6.45) is 2.56. The molecular formula is C9H10N6O3. The summed E-state index contributed by atoms with van der Waals surface area (Å²) >= 11 is 0. The van der Waals surface area contributed by atoms with Gasteiger partial charge in [-0.15, -0.1) is 0 Å². The van der Waals surface area contributed by atoms with E-state index in [2.05, 4.69) is 20.5 Å². The van der Waals surface area contributed by atoms with E-state index >= 15 is 0 Å². The lowest BCUT2D eigenvalue weighted by atomic mass is 10.4. The number of hydrogen-bond donors (Lipinski definition) is 2. The Labute approximate surface area is 101 Å². The highest BCUT2D eigenvalue weighted by Crippen LogP contribution is 2.17.